The van der Waals surface area contributed by atoms with E-state index in [1.54, 1.807) is 5.57 Å². The van der Waals surface area contributed by atoms with Crippen LogP contribution in [-0.2, 0) is 9.53 Å². The molecule has 0 bridgehead atoms. The molecule has 14 atom stereocenters. The standard InChI is InChI=1S/C36H58O6/c1-20-10-15-36(18-23-29(39)31(41)30(40)24(19-37)42-23)17-16-34(6)22(28(36)21(20)2)8-9-26-33(5)13-12-27(38)32(3,4)25(33)11-14-35(26,34)7/h8,20-21,23-26,28-31,37,39-41H,9-19H2,1-7H3/t20-,21+,23+,24?,25?,26?,28?,29?,30-,31?,33+,34-,35-,36-/m1/s1. The molecule has 0 spiro atoms. The molecule has 6 aliphatic rings. The Morgan fingerprint density at radius 3 is 2.24 bits per heavy atom. The molecule has 1 heterocycles. The summed E-state index contributed by atoms with van der Waals surface area (Å²) in [5.74, 6) is 2.91. The summed E-state index contributed by atoms with van der Waals surface area (Å²) in [6.07, 6.45) is 7.46. The molecule has 0 amide bonds. The topological polar surface area (TPSA) is 107 Å². The quantitative estimate of drug-likeness (QED) is 0.328. The van der Waals surface area contributed by atoms with Crippen LogP contribution in [0.1, 0.15) is 113 Å². The number of allylic oxidation sites excluding steroid dienone is 2. The maximum absolute atomic E-state index is 13.1. The van der Waals surface area contributed by atoms with Crippen molar-refractivity contribution in [2.75, 3.05) is 6.61 Å². The van der Waals surface area contributed by atoms with Crippen LogP contribution in [0.25, 0.3) is 0 Å². The summed E-state index contributed by atoms with van der Waals surface area (Å²) in [5.41, 5.74) is 1.73. The Kier molecular flexibility index (Phi) is 7.51. The third kappa shape index (κ3) is 4.03. The number of Topliss-reactive ketones (excluding diaryl/α,β-unsaturated/α-hetero) is 1. The van der Waals surface area contributed by atoms with E-state index in [1.165, 1.54) is 6.42 Å². The minimum Gasteiger partial charge on any atom is -0.394 e. The lowest BCUT2D eigenvalue weighted by Crippen LogP contribution is -2.65. The molecule has 4 saturated carbocycles. The summed E-state index contributed by atoms with van der Waals surface area (Å²) < 4.78 is 6.15. The van der Waals surface area contributed by atoms with Crippen molar-refractivity contribution in [2.45, 2.75) is 143 Å². The molecule has 6 rings (SSSR count). The monoisotopic (exact) mass is 586 g/mol. The first-order chi connectivity index (χ1) is 19.6. The number of carbonyl (C=O) groups excluding carboxylic acids is 1. The Morgan fingerprint density at radius 1 is 0.857 bits per heavy atom. The van der Waals surface area contributed by atoms with Crippen LogP contribution >= 0.6 is 0 Å². The maximum atomic E-state index is 13.1. The lowest BCUT2D eigenvalue weighted by molar-refractivity contribution is -0.242. The van der Waals surface area contributed by atoms with Gasteiger partial charge in [-0.3, -0.25) is 4.79 Å². The van der Waals surface area contributed by atoms with Crippen molar-refractivity contribution < 1.29 is 30.0 Å². The van der Waals surface area contributed by atoms with E-state index in [4.69, 9.17) is 4.74 Å². The van der Waals surface area contributed by atoms with E-state index in [0.29, 0.717) is 48.2 Å². The zero-order valence-electron chi connectivity index (χ0n) is 27.2. The fourth-order valence-electron chi connectivity index (χ4n) is 12.5. The van der Waals surface area contributed by atoms with Crippen LogP contribution in [0.2, 0.25) is 0 Å². The summed E-state index contributed by atoms with van der Waals surface area (Å²) in [6.45, 7) is 16.6. The first kappa shape index (κ1) is 31.2. The number of fused-ring (bicyclic) bond motifs is 7. The Hall–Kier alpha value is -0.790. The smallest absolute Gasteiger partial charge is 0.138 e. The Bertz CT molecular complexity index is 1110. The molecule has 0 aromatic rings. The van der Waals surface area contributed by atoms with Gasteiger partial charge in [0, 0.05) is 11.8 Å². The van der Waals surface area contributed by atoms with Crippen LogP contribution < -0.4 is 0 Å². The van der Waals surface area contributed by atoms with Gasteiger partial charge in [0.15, 0.2) is 0 Å². The number of hydrogen-bond donors (Lipinski definition) is 4. The molecule has 1 aliphatic heterocycles. The van der Waals surface area contributed by atoms with Crippen LogP contribution in [-0.4, -0.2) is 63.3 Å². The van der Waals surface area contributed by atoms with Crippen molar-refractivity contribution in [2.24, 2.45) is 56.7 Å². The van der Waals surface area contributed by atoms with E-state index in [0.717, 1.165) is 44.9 Å². The zero-order chi connectivity index (χ0) is 30.6. The molecule has 238 valence electrons. The van der Waals surface area contributed by atoms with E-state index >= 15 is 0 Å². The minimum atomic E-state index is -1.32. The average molecular weight is 587 g/mol. The number of hydrogen-bond acceptors (Lipinski definition) is 6. The SMILES string of the molecule is C[C@@H]1CC[C@]2(C[C@@H]3OC(CO)[C@@H](O)C(O)C3O)CC[C@]3(C)C(=CCC4[C@@]5(C)CCC(=O)C(C)(C)C5CC[C@]43C)C2[C@H]1C. The lowest BCUT2D eigenvalue weighted by Gasteiger charge is -2.71. The second-order valence-corrected chi connectivity index (χ2v) is 17.2. The van der Waals surface area contributed by atoms with Gasteiger partial charge in [-0.05, 0) is 109 Å². The number of ether oxygens (including phenoxy) is 1. The first-order valence-electron chi connectivity index (χ1n) is 17.1. The molecule has 6 heteroatoms. The number of rotatable bonds is 3. The van der Waals surface area contributed by atoms with Gasteiger partial charge in [0.1, 0.15) is 30.2 Å². The molecule has 0 aromatic heterocycles. The van der Waals surface area contributed by atoms with Crippen LogP contribution in [0, 0.1) is 56.7 Å². The minimum absolute atomic E-state index is 0.0471. The largest absolute Gasteiger partial charge is 0.394 e. The normalized spacial score (nSPS) is 55.5. The fraction of sp³-hybridized carbons (Fsp3) is 0.917. The van der Waals surface area contributed by atoms with Gasteiger partial charge in [-0.15, -0.1) is 0 Å². The van der Waals surface area contributed by atoms with E-state index < -0.39 is 30.5 Å². The molecule has 0 aromatic carbocycles. The predicted octanol–water partition coefficient (Wildman–Crippen LogP) is 5.45. The molecule has 5 fully saturated rings. The van der Waals surface area contributed by atoms with Crippen LogP contribution in [0.15, 0.2) is 11.6 Å². The predicted molar refractivity (Wildman–Crippen MR) is 162 cm³/mol. The van der Waals surface area contributed by atoms with Crippen molar-refractivity contribution in [1.29, 1.82) is 0 Å². The van der Waals surface area contributed by atoms with Gasteiger partial charge < -0.3 is 25.2 Å². The highest BCUT2D eigenvalue weighted by atomic mass is 16.5. The van der Waals surface area contributed by atoms with Crippen molar-refractivity contribution in [3.63, 3.8) is 0 Å². The van der Waals surface area contributed by atoms with E-state index in [2.05, 4.69) is 54.5 Å². The van der Waals surface area contributed by atoms with Crippen LogP contribution in [0.5, 0.6) is 0 Å². The van der Waals surface area contributed by atoms with E-state index in [1.807, 2.05) is 0 Å². The van der Waals surface area contributed by atoms with Crippen LogP contribution in [0.3, 0.4) is 0 Å². The second kappa shape index (κ2) is 10.1. The molecule has 1 saturated heterocycles. The third-order valence-electron chi connectivity index (χ3n) is 15.5. The van der Waals surface area contributed by atoms with Gasteiger partial charge in [0.25, 0.3) is 0 Å². The van der Waals surface area contributed by atoms with Gasteiger partial charge in [0.2, 0.25) is 0 Å². The summed E-state index contributed by atoms with van der Waals surface area (Å²) in [7, 11) is 0. The van der Waals surface area contributed by atoms with Gasteiger partial charge in [-0.2, -0.15) is 0 Å². The Balaban J connectivity index is 1.38. The molecule has 6 nitrogen and oxygen atoms in total. The zero-order valence-corrected chi connectivity index (χ0v) is 27.2. The molecule has 0 radical (unpaired) electrons. The Morgan fingerprint density at radius 2 is 1.55 bits per heavy atom. The summed E-state index contributed by atoms with van der Waals surface area (Å²) in [4.78, 5) is 13.1. The third-order valence-corrected chi connectivity index (χ3v) is 15.5. The van der Waals surface area contributed by atoms with Gasteiger partial charge >= 0.3 is 0 Å². The highest BCUT2D eigenvalue weighted by molar-refractivity contribution is 5.85. The molecular weight excluding hydrogens is 528 g/mol. The summed E-state index contributed by atoms with van der Waals surface area (Å²) in [5, 5.41) is 42.0. The maximum Gasteiger partial charge on any atom is 0.138 e. The van der Waals surface area contributed by atoms with Gasteiger partial charge in [-0.1, -0.05) is 60.1 Å². The molecule has 5 aliphatic carbocycles. The van der Waals surface area contributed by atoms with Crippen molar-refractivity contribution in [3.05, 3.63) is 11.6 Å². The summed E-state index contributed by atoms with van der Waals surface area (Å²) >= 11 is 0. The van der Waals surface area contributed by atoms with Crippen LogP contribution in [0.4, 0.5) is 0 Å². The number of aliphatic hydroxyl groups excluding tert-OH is 4. The molecular formula is C36H58O6. The van der Waals surface area contributed by atoms with Gasteiger partial charge in [-0.25, -0.2) is 0 Å². The fourth-order valence-corrected chi connectivity index (χ4v) is 12.5. The van der Waals surface area contributed by atoms with Crippen molar-refractivity contribution in [1.82, 2.24) is 0 Å². The molecule has 4 N–H and O–H groups in total. The number of aliphatic hydroxyl groups is 4. The first-order valence-corrected chi connectivity index (χ1v) is 17.1. The number of carbonyl (C=O) groups is 1. The molecule has 42 heavy (non-hydrogen) atoms. The second-order valence-electron chi connectivity index (χ2n) is 17.2. The highest BCUT2D eigenvalue weighted by Crippen LogP contribution is 2.76. The average Bonchev–Trinajstić information content (AvgIpc) is 2.94. The van der Waals surface area contributed by atoms with Crippen molar-refractivity contribution in [3.8, 4) is 0 Å². The van der Waals surface area contributed by atoms with Crippen molar-refractivity contribution >= 4 is 5.78 Å². The van der Waals surface area contributed by atoms with Gasteiger partial charge in [0.05, 0.1) is 12.7 Å². The number of ketones is 1. The molecule has 6 unspecified atom stereocenters. The lowest BCUT2D eigenvalue weighted by atomic mass is 9.33. The summed E-state index contributed by atoms with van der Waals surface area (Å²) in [6, 6.07) is 0. The van der Waals surface area contributed by atoms with E-state index in [9.17, 15) is 25.2 Å². The Labute approximate surface area is 253 Å². The highest BCUT2D eigenvalue weighted by Gasteiger charge is 2.69. The van der Waals surface area contributed by atoms with E-state index in [-0.39, 0.29) is 33.7 Å².